The van der Waals surface area contributed by atoms with Crippen molar-refractivity contribution in [2.24, 2.45) is 0 Å². The first-order valence-corrected chi connectivity index (χ1v) is 11.4. The average molecular weight is 478 g/mol. The number of aryl methyl sites for hydroxylation is 1. The van der Waals surface area contributed by atoms with Crippen LogP contribution in [0, 0.1) is 13.8 Å². The molecule has 1 aliphatic heterocycles. The molecule has 2 aromatic carbocycles. The normalized spacial score (nSPS) is 15.5. The van der Waals surface area contributed by atoms with E-state index in [2.05, 4.69) is 23.7 Å². The Balaban J connectivity index is 1.72. The zero-order valence-electron chi connectivity index (χ0n) is 18.8. The topological polar surface area (TPSA) is 54.3 Å². The summed E-state index contributed by atoms with van der Waals surface area (Å²) < 4.78 is 2.06. The number of nitrogens with one attached hydrogen (secondary N) is 1. The van der Waals surface area contributed by atoms with E-state index in [4.69, 9.17) is 23.8 Å². The van der Waals surface area contributed by atoms with Gasteiger partial charge in [-0.15, -0.1) is 0 Å². The number of amides is 2. The summed E-state index contributed by atoms with van der Waals surface area (Å²) in [7, 11) is 0. The Kier molecular flexibility index (Phi) is 6.23. The molecule has 1 aromatic heterocycles. The van der Waals surface area contributed by atoms with E-state index in [0.717, 1.165) is 28.2 Å². The minimum Gasteiger partial charge on any atom is -0.318 e. The Morgan fingerprint density at radius 1 is 0.970 bits per heavy atom. The van der Waals surface area contributed by atoms with E-state index < -0.39 is 11.8 Å². The van der Waals surface area contributed by atoms with Gasteiger partial charge in [0.2, 0.25) is 0 Å². The largest absolute Gasteiger partial charge is 0.318 e. The van der Waals surface area contributed by atoms with Gasteiger partial charge in [0.15, 0.2) is 5.11 Å². The lowest BCUT2D eigenvalue weighted by atomic mass is 10.0. The first-order chi connectivity index (χ1) is 15.7. The highest BCUT2D eigenvalue weighted by Crippen LogP contribution is 2.27. The molecule has 7 heteroatoms. The lowest BCUT2D eigenvalue weighted by molar-refractivity contribution is -0.122. The summed E-state index contributed by atoms with van der Waals surface area (Å²) in [5.41, 5.74) is 5.42. The predicted molar refractivity (Wildman–Crippen MR) is 137 cm³/mol. The van der Waals surface area contributed by atoms with Crippen LogP contribution in [0.1, 0.15) is 42.3 Å². The van der Waals surface area contributed by atoms with Crippen LogP contribution in [-0.2, 0) is 9.59 Å². The third kappa shape index (κ3) is 4.36. The van der Waals surface area contributed by atoms with Gasteiger partial charge in [0.1, 0.15) is 5.57 Å². The molecule has 0 aliphatic carbocycles. The molecule has 4 rings (SSSR count). The number of thiocarbonyl (C=S) groups is 1. The molecule has 0 bridgehead atoms. The SMILES string of the molecule is Cc1cc(/C=C2/C(=O)NC(=S)N(c3ccc(C(C)C)cc3)C2=O)c(C)n1-c1ccc(Cl)cc1. The van der Waals surface area contributed by atoms with E-state index in [1.165, 1.54) is 4.90 Å². The van der Waals surface area contributed by atoms with Crippen LogP contribution in [0.15, 0.2) is 60.2 Å². The van der Waals surface area contributed by atoms with Crippen molar-refractivity contribution in [1.29, 1.82) is 0 Å². The number of benzene rings is 2. The number of hydrogen-bond donors (Lipinski definition) is 1. The molecule has 168 valence electrons. The van der Waals surface area contributed by atoms with E-state index in [1.807, 2.05) is 68.4 Å². The van der Waals surface area contributed by atoms with Crippen LogP contribution in [0.3, 0.4) is 0 Å². The number of nitrogens with zero attached hydrogens (tertiary/aromatic N) is 2. The Labute approximate surface area is 203 Å². The number of halogens is 1. The Morgan fingerprint density at radius 3 is 2.18 bits per heavy atom. The van der Waals surface area contributed by atoms with Crippen LogP contribution in [0.5, 0.6) is 0 Å². The van der Waals surface area contributed by atoms with E-state index >= 15 is 0 Å². The molecule has 33 heavy (non-hydrogen) atoms. The van der Waals surface area contributed by atoms with Gasteiger partial charge in [0.05, 0.1) is 5.69 Å². The second-order valence-corrected chi connectivity index (χ2v) is 9.17. The molecule has 1 saturated heterocycles. The van der Waals surface area contributed by atoms with Crippen molar-refractivity contribution in [3.8, 4) is 5.69 Å². The van der Waals surface area contributed by atoms with Gasteiger partial charge >= 0.3 is 0 Å². The summed E-state index contributed by atoms with van der Waals surface area (Å²) in [5, 5.41) is 3.39. The third-order valence-corrected chi connectivity index (χ3v) is 6.31. The molecule has 5 nitrogen and oxygen atoms in total. The molecule has 0 saturated carbocycles. The molecule has 0 atom stereocenters. The minimum absolute atomic E-state index is 0.0351. The van der Waals surface area contributed by atoms with Gasteiger partial charge in [-0.1, -0.05) is 37.6 Å². The monoisotopic (exact) mass is 477 g/mol. The summed E-state index contributed by atoms with van der Waals surface area (Å²) in [5.74, 6) is -0.581. The summed E-state index contributed by atoms with van der Waals surface area (Å²) in [4.78, 5) is 27.4. The smallest absolute Gasteiger partial charge is 0.270 e. The summed E-state index contributed by atoms with van der Waals surface area (Å²) in [6.07, 6.45) is 1.63. The maximum atomic E-state index is 13.4. The van der Waals surface area contributed by atoms with E-state index in [9.17, 15) is 9.59 Å². The molecular formula is C26H24ClN3O2S. The van der Waals surface area contributed by atoms with Crippen molar-refractivity contribution in [3.63, 3.8) is 0 Å². The van der Waals surface area contributed by atoms with Crippen molar-refractivity contribution >= 4 is 52.5 Å². The van der Waals surface area contributed by atoms with Crippen molar-refractivity contribution in [2.75, 3.05) is 4.90 Å². The lowest BCUT2D eigenvalue weighted by Gasteiger charge is -2.29. The number of aromatic nitrogens is 1. The van der Waals surface area contributed by atoms with Gasteiger partial charge in [-0.05, 0) is 91.7 Å². The Morgan fingerprint density at radius 2 is 1.58 bits per heavy atom. The molecule has 0 radical (unpaired) electrons. The van der Waals surface area contributed by atoms with Gasteiger partial charge in [-0.3, -0.25) is 19.8 Å². The summed E-state index contributed by atoms with van der Waals surface area (Å²) in [6, 6.07) is 17.1. The van der Waals surface area contributed by atoms with E-state index in [-0.39, 0.29) is 10.7 Å². The second-order valence-electron chi connectivity index (χ2n) is 8.34. The highest BCUT2D eigenvalue weighted by atomic mass is 35.5. The van der Waals surface area contributed by atoms with E-state index in [0.29, 0.717) is 16.6 Å². The van der Waals surface area contributed by atoms with Crippen LogP contribution in [0.2, 0.25) is 5.02 Å². The molecule has 1 N–H and O–H groups in total. The van der Waals surface area contributed by atoms with Crippen molar-refractivity contribution in [1.82, 2.24) is 9.88 Å². The van der Waals surface area contributed by atoms with Gasteiger partial charge < -0.3 is 4.57 Å². The highest BCUT2D eigenvalue weighted by Gasteiger charge is 2.34. The summed E-state index contributed by atoms with van der Waals surface area (Å²) >= 11 is 11.4. The fourth-order valence-corrected chi connectivity index (χ4v) is 4.38. The van der Waals surface area contributed by atoms with Gasteiger partial charge in [0, 0.05) is 22.1 Å². The number of carbonyl (C=O) groups is 2. The number of anilines is 1. The lowest BCUT2D eigenvalue weighted by Crippen LogP contribution is -2.54. The fourth-order valence-electron chi connectivity index (χ4n) is 3.98. The third-order valence-electron chi connectivity index (χ3n) is 5.77. The van der Waals surface area contributed by atoms with Crippen LogP contribution >= 0.6 is 23.8 Å². The molecule has 2 amide bonds. The van der Waals surface area contributed by atoms with Crippen LogP contribution in [0.25, 0.3) is 11.8 Å². The Bertz CT molecular complexity index is 1290. The second kappa shape index (κ2) is 8.96. The van der Waals surface area contributed by atoms with E-state index in [1.54, 1.807) is 6.08 Å². The number of carbonyl (C=O) groups excluding carboxylic acids is 2. The number of rotatable bonds is 4. The zero-order chi connectivity index (χ0) is 23.9. The standard InChI is InChI=1S/C26H24ClN3O2S/c1-15(2)18-5-9-22(10-6-18)30-25(32)23(24(31)28-26(30)33)14-19-13-16(3)29(17(19)4)21-11-7-20(27)8-12-21/h5-15H,1-4H3,(H,28,31,33)/b23-14-. The molecular weight excluding hydrogens is 454 g/mol. The van der Waals surface area contributed by atoms with Crippen molar-refractivity contribution in [2.45, 2.75) is 33.6 Å². The molecule has 1 aliphatic rings. The van der Waals surface area contributed by atoms with Gasteiger partial charge in [0.25, 0.3) is 11.8 Å². The highest BCUT2D eigenvalue weighted by molar-refractivity contribution is 7.80. The van der Waals surface area contributed by atoms with Gasteiger partial charge in [-0.2, -0.15) is 0 Å². The number of hydrogen-bond acceptors (Lipinski definition) is 3. The van der Waals surface area contributed by atoms with Gasteiger partial charge in [-0.25, -0.2) is 0 Å². The van der Waals surface area contributed by atoms with Crippen LogP contribution in [0.4, 0.5) is 5.69 Å². The molecule has 3 aromatic rings. The fraction of sp³-hybridized carbons (Fsp3) is 0.192. The molecule has 0 spiro atoms. The molecule has 1 fully saturated rings. The minimum atomic E-state index is -0.503. The quantitative estimate of drug-likeness (QED) is 0.298. The summed E-state index contributed by atoms with van der Waals surface area (Å²) in [6.45, 7) is 8.14. The molecule has 2 heterocycles. The van der Waals surface area contributed by atoms with Crippen molar-refractivity contribution < 1.29 is 9.59 Å². The maximum Gasteiger partial charge on any atom is 0.270 e. The predicted octanol–water partition coefficient (Wildman–Crippen LogP) is 5.70. The zero-order valence-corrected chi connectivity index (χ0v) is 20.4. The van der Waals surface area contributed by atoms with Crippen molar-refractivity contribution in [3.05, 3.63) is 87.7 Å². The van der Waals surface area contributed by atoms with Crippen LogP contribution in [-0.4, -0.2) is 21.5 Å². The molecule has 0 unspecified atom stereocenters. The average Bonchev–Trinajstić information content (AvgIpc) is 3.05. The maximum absolute atomic E-state index is 13.4. The Hall–Kier alpha value is -3.22. The first-order valence-electron chi connectivity index (χ1n) is 10.6. The van der Waals surface area contributed by atoms with Crippen LogP contribution < -0.4 is 10.2 Å². The first kappa shape index (κ1) is 23.0.